The van der Waals surface area contributed by atoms with Gasteiger partial charge in [-0.05, 0) is 55.9 Å². The maximum Gasteiger partial charge on any atom is 0.269 e. The van der Waals surface area contributed by atoms with Crippen LogP contribution in [0.15, 0.2) is 48.5 Å². The topological polar surface area (TPSA) is 61.6 Å². The van der Waals surface area contributed by atoms with Crippen LogP contribution in [0.1, 0.15) is 19.4 Å². The summed E-state index contributed by atoms with van der Waals surface area (Å²) in [5, 5.41) is 14.4. The van der Waals surface area contributed by atoms with Crippen molar-refractivity contribution >= 4 is 34.4 Å². The third-order valence-electron chi connectivity index (χ3n) is 4.16. The van der Waals surface area contributed by atoms with Crippen molar-refractivity contribution < 1.29 is 4.92 Å². The Bertz CT molecular complexity index is 743. The van der Waals surface area contributed by atoms with E-state index in [1.165, 1.54) is 17.8 Å². The number of thiocarbonyl (C=S) groups is 1. The van der Waals surface area contributed by atoms with Gasteiger partial charge in [0.15, 0.2) is 5.11 Å². The monoisotopic (exact) mass is 372 g/mol. The SMILES string of the molecule is CCN(CC)c1ccc(CN(C)C(=S)Nc2ccc([N+](=O)[O-])cc2)cc1. The third kappa shape index (κ3) is 5.16. The quantitative estimate of drug-likeness (QED) is 0.445. The van der Waals surface area contributed by atoms with Crippen LogP contribution in [0.3, 0.4) is 0 Å². The summed E-state index contributed by atoms with van der Waals surface area (Å²) in [6.07, 6.45) is 0. The van der Waals surface area contributed by atoms with Gasteiger partial charge in [-0.2, -0.15) is 0 Å². The summed E-state index contributed by atoms with van der Waals surface area (Å²) in [4.78, 5) is 14.5. The second-order valence-corrected chi connectivity index (χ2v) is 6.32. The summed E-state index contributed by atoms with van der Waals surface area (Å²) >= 11 is 5.42. The molecule has 138 valence electrons. The van der Waals surface area contributed by atoms with E-state index in [4.69, 9.17) is 12.2 Å². The lowest BCUT2D eigenvalue weighted by Gasteiger charge is -2.23. The number of hydrogen-bond donors (Lipinski definition) is 1. The standard InChI is InChI=1S/C19H24N4O2S/c1-4-22(5-2)17-10-6-15(7-11-17)14-21(3)19(26)20-16-8-12-18(13-9-16)23(24)25/h6-13H,4-5,14H2,1-3H3,(H,20,26). The number of nitro benzene ring substituents is 1. The minimum Gasteiger partial charge on any atom is -0.372 e. The smallest absolute Gasteiger partial charge is 0.269 e. The molecule has 0 aliphatic heterocycles. The van der Waals surface area contributed by atoms with Gasteiger partial charge in [-0.3, -0.25) is 10.1 Å². The molecule has 0 fully saturated rings. The molecule has 0 heterocycles. The van der Waals surface area contributed by atoms with Crippen LogP contribution in [0, 0.1) is 10.1 Å². The first-order chi connectivity index (χ1) is 12.4. The highest BCUT2D eigenvalue weighted by molar-refractivity contribution is 7.80. The molecule has 0 atom stereocenters. The van der Waals surface area contributed by atoms with E-state index in [1.807, 2.05) is 11.9 Å². The zero-order valence-corrected chi connectivity index (χ0v) is 16.1. The van der Waals surface area contributed by atoms with Crippen LogP contribution in [0.25, 0.3) is 0 Å². The summed E-state index contributed by atoms with van der Waals surface area (Å²) in [7, 11) is 1.92. The Morgan fingerprint density at radius 1 is 1.08 bits per heavy atom. The summed E-state index contributed by atoms with van der Waals surface area (Å²) in [5.74, 6) is 0. The summed E-state index contributed by atoms with van der Waals surface area (Å²) in [5.41, 5.74) is 3.16. The summed E-state index contributed by atoms with van der Waals surface area (Å²) in [6.45, 7) is 6.94. The van der Waals surface area contributed by atoms with E-state index in [-0.39, 0.29) is 5.69 Å². The van der Waals surface area contributed by atoms with Gasteiger partial charge in [-0.25, -0.2) is 0 Å². The molecular weight excluding hydrogens is 348 g/mol. The molecule has 0 aromatic heterocycles. The second kappa shape index (κ2) is 9.15. The van der Waals surface area contributed by atoms with Gasteiger partial charge in [0.1, 0.15) is 0 Å². The third-order valence-corrected chi connectivity index (χ3v) is 4.57. The molecule has 2 rings (SSSR count). The van der Waals surface area contributed by atoms with Crippen molar-refractivity contribution in [3.8, 4) is 0 Å². The van der Waals surface area contributed by atoms with Crippen molar-refractivity contribution in [3.63, 3.8) is 0 Å². The highest BCUT2D eigenvalue weighted by Crippen LogP contribution is 2.18. The second-order valence-electron chi connectivity index (χ2n) is 5.93. The first-order valence-corrected chi connectivity index (χ1v) is 8.95. The van der Waals surface area contributed by atoms with Gasteiger partial charge in [0.25, 0.3) is 5.69 Å². The number of rotatable bonds is 7. The average Bonchev–Trinajstić information content (AvgIpc) is 2.64. The minimum atomic E-state index is -0.421. The van der Waals surface area contributed by atoms with Gasteiger partial charge < -0.3 is 15.1 Å². The van der Waals surface area contributed by atoms with E-state index < -0.39 is 4.92 Å². The first-order valence-electron chi connectivity index (χ1n) is 8.55. The fourth-order valence-electron chi connectivity index (χ4n) is 2.63. The first kappa shape index (κ1) is 19.7. The lowest BCUT2D eigenvalue weighted by molar-refractivity contribution is -0.384. The Morgan fingerprint density at radius 3 is 2.15 bits per heavy atom. The van der Waals surface area contributed by atoms with Crippen LogP contribution in [-0.2, 0) is 6.54 Å². The fourth-order valence-corrected chi connectivity index (χ4v) is 2.81. The number of nitrogens with one attached hydrogen (secondary N) is 1. The van der Waals surface area contributed by atoms with E-state index in [9.17, 15) is 10.1 Å². The molecule has 7 heteroatoms. The lowest BCUT2D eigenvalue weighted by atomic mass is 10.2. The molecule has 0 aliphatic rings. The maximum atomic E-state index is 10.7. The van der Waals surface area contributed by atoms with Gasteiger partial charge in [-0.1, -0.05) is 12.1 Å². The van der Waals surface area contributed by atoms with Gasteiger partial charge in [0.05, 0.1) is 4.92 Å². The zero-order valence-electron chi connectivity index (χ0n) is 15.3. The van der Waals surface area contributed by atoms with E-state index in [1.54, 1.807) is 12.1 Å². The Labute approximate surface area is 159 Å². The molecule has 2 aromatic carbocycles. The lowest BCUT2D eigenvalue weighted by Crippen LogP contribution is -2.30. The molecule has 2 aromatic rings. The summed E-state index contributed by atoms with van der Waals surface area (Å²) < 4.78 is 0. The number of benzene rings is 2. The van der Waals surface area contributed by atoms with Crippen LogP contribution in [0.5, 0.6) is 0 Å². The van der Waals surface area contributed by atoms with Crippen molar-refractivity contribution in [2.75, 3.05) is 30.4 Å². The molecule has 0 radical (unpaired) electrons. The van der Waals surface area contributed by atoms with Crippen LogP contribution in [0.4, 0.5) is 17.1 Å². The molecule has 26 heavy (non-hydrogen) atoms. The van der Waals surface area contributed by atoms with Gasteiger partial charge >= 0.3 is 0 Å². The van der Waals surface area contributed by atoms with Crippen molar-refractivity contribution in [2.24, 2.45) is 0 Å². The molecule has 0 aliphatic carbocycles. The predicted molar refractivity (Wildman–Crippen MR) is 111 cm³/mol. The van der Waals surface area contributed by atoms with Crippen molar-refractivity contribution in [1.82, 2.24) is 4.90 Å². The van der Waals surface area contributed by atoms with Crippen LogP contribution < -0.4 is 10.2 Å². The largest absolute Gasteiger partial charge is 0.372 e. The van der Waals surface area contributed by atoms with Gasteiger partial charge in [0.2, 0.25) is 0 Å². The molecule has 0 unspecified atom stereocenters. The molecular formula is C19H24N4O2S. The molecule has 0 saturated heterocycles. The van der Waals surface area contributed by atoms with Gasteiger partial charge in [0, 0.05) is 50.2 Å². The van der Waals surface area contributed by atoms with Crippen molar-refractivity contribution in [1.29, 1.82) is 0 Å². The van der Waals surface area contributed by atoms with E-state index >= 15 is 0 Å². The Kier molecular flexibility index (Phi) is 6.91. The normalized spacial score (nSPS) is 10.3. The predicted octanol–water partition coefficient (Wildman–Crippen LogP) is 4.27. The molecule has 0 amide bonds. The van der Waals surface area contributed by atoms with Crippen LogP contribution >= 0.6 is 12.2 Å². The zero-order chi connectivity index (χ0) is 19.1. The molecule has 0 bridgehead atoms. The van der Waals surface area contributed by atoms with Crippen LogP contribution in [0.2, 0.25) is 0 Å². The average molecular weight is 372 g/mol. The minimum absolute atomic E-state index is 0.0584. The van der Waals surface area contributed by atoms with E-state index in [2.05, 4.69) is 48.3 Å². The molecule has 1 N–H and O–H groups in total. The Hall–Kier alpha value is -2.67. The number of anilines is 2. The number of hydrogen-bond acceptors (Lipinski definition) is 4. The fraction of sp³-hybridized carbons (Fsp3) is 0.316. The van der Waals surface area contributed by atoms with Crippen molar-refractivity contribution in [2.45, 2.75) is 20.4 Å². The highest BCUT2D eigenvalue weighted by atomic mass is 32.1. The molecule has 6 nitrogen and oxygen atoms in total. The number of nitro groups is 1. The van der Waals surface area contributed by atoms with Crippen molar-refractivity contribution in [3.05, 3.63) is 64.2 Å². The van der Waals surface area contributed by atoms with Gasteiger partial charge in [-0.15, -0.1) is 0 Å². The number of non-ortho nitro benzene ring substituents is 1. The van der Waals surface area contributed by atoms with Crippen LogP contribution in [-0.4, -0.2) is 35.1 Å². The molecule has 0 spiro atoms. The Balaban J connectivity index is 1.95. The summed E-state index contributed by atoms with van der Waals surface area (Å²) in [6, 6.07) is 14.7. The van der Waals surface area contributed by atoms with E-state index in [0.29, 0.717) is 11.7 Å². The number of nitrogens with zero attached hydrogens (tertiary/aromatic N) is 3. The maximum absolute atomic E-state index is 10.7. The Morgan fingerprint density at radius 2 is 1.65 bits per heavy atom. The van der Waals surface area contributed by atoms with E-state index in [0.717, 1.165) is 24.3 Å². The molecule has 0 saturated carbocycles. The highest BCUT2D eigenvalue weighted by Gasteiger charge is 2.09.